The van der Waals surface area contributed by atoms with E-state index in [4.69, 9.17) is 9.47 Å². The molecule has 0 aliphatic carbocycles. The Labute approximate surface area is 469 Å². The maximum atomic E-state index is 12.4. The predicted octanol–water partition coefficient (Wildman–Crippen LogP) is 16.6. The van der Waals surface area contributed by atoms with E-state index in [0.29, 0.717) is 38.7 Å². The number of carbonyl (C=O) groups is 6. The Morgan fingerprint density at radius 3 is 0.802 bits per heavy atom. The third kappa shape index (κ3) is 45.9. The Kier molecular flexibility index (Phi) is 41.9. The van der Waals surface area contributed by atoms with Gasteiger partial charge in [0, 0.05) is 12.8 Å². The SMILES string of the molecule is CCC(C)(C)C(=O)OCC(F)(F)F.CCC(C)(C)C(=O)OCCC(C)(F)F.CCC(C)(C)C(=O)OCCC(F)(F)C(F)(F)F.CCC(C)(C)C(=O)OCCC(F)(F)F.CCC(C)(C)C(=O)OCCC(F)F.CCOC(=O)C(C)(C)CC. The topological polar surface area (TPSA) is 158 Å². The van der Waals surface area contributed by atoms with Crippen LogP contribution in [0, 0.1) is 32.5 Å². The van der Waals surface area contributed by atoms with Crippen LogP contribution in [0.1, 0.15) is 203 Å². The molecule has 0 spiro atoms. The van der Waals surface area contributed by atoms with Crippen molar-refractivity contribution in [2.24, 2.45) is 32.5 Å². The Morgan fingerprint density at radius 1 is 0.333 bits per heavy atom. The van der Waals surface area contributed by atoms with E-state index in [1.165, 1.54) is 13.8 Å². The Hall–Kier alpha value is -4.23. The number of esters is 6. The molecule has 81 heavy (non-hydrogen) atoms. The lowest BCUT2D eigenvalue weighted by Crippen LogP contribution is -2.38. The number of rotatable bonds is 25. The van der Waals surface area contributed by atoms with E-state index >= 15 is 0 Å². The fourth-order valence-corrected chi connectivity index (χ4v) is 3.55. The molecule has 12 nitrogen and oxygen atoms in total. The maximum absolute atomic E-state index is 12.4. The smallest absolute Gasteiger partial charge is 0.453 e. The van der Waals surface area contributed by atoms with Gasteiger partial charge in [0.15, 0.2) is 6.61 Å². The van der Waals surface area contributed by atoms with E-state index in [1.54, 1.807) is 76.2 Å². The number of ether oxygens (including phenoxy) is 6. The maximum Gasteiger partial charge on any atom is 0.453 e. The second kappa shape index (κ2) is 38.6. The zero-order chi connectivity index (χ0) is 66.1. The summed E-state index contributed by atoms with van der Waals surface area (Å²) in [4.78, 5) is 67.1. The molecule has 0 heterocycles. The van der Waals surface area contributed by atoms with Crippen molar-refractivity contribution in [3.63, 3.8) is 0 Å². The highest BCUT2D eigenvalue weighted by Crippen LogP contribution is 2.38. The van der Waals surface area contributed by atoms with Crippen molar-refractivity contribution < 1.29 is 123 Å². The van der Waals surface area contributed by atoms with Crippen LogP contribution in [0.5, 0.6) is 0 Å². The van der Waals surface area contributed by atoms with Gasteiger partial charge < -0.3 is 28.4 Å². The van der Waals surface area contributed by atoms with Crippen LogP contribution in [0.4, 0.5) is 65.9 Å². The quantitative estimate of drug-likeness (QED) is 0.0485. The zero-order valence-corrected chi connectivity index (χ0v) is 51.0. The van der Waals surface area contributed by atoms with Crippen LogP contribution in [0.3, 0.4) is 0 Å². The molecule has 0 aromatic rings. The van der Waals surface area contributed by atoms with Crippen molar-refractivity contribution in [2.75, 3.05) is 39.6 Å². The van der Waals surface area contributed by atoms with E-state index in [0.717, 1.165) is 13.3 Å². The molecule has 0 aliphatic heterocycles. The van der Waals surface area contributed by atoms with Crippen molar-refractivity contribution in [3.8, 4) is 0 Å². The second-order valence-electron chi connectivity index (χ2n) is 22.2. The predicted molar refractivity (Wildman–Crippen MR) is 274 cm³/mol. The van der Waals surface area contributed by atoms with E-state index < -0.39 is 133 Å². The van der Waals surface area contributed by atoms with Gasteiger partial charge in [-0.05, 0) is 135 Å². The largest absolute Gasteiger partial charge is 0.466 e. The number of hydrogen-bond acceptors (Lipinski definition) is 12. The van der Waals surface area contributed by atoms with Crippen molar-refractivity contribution in [1.29, 1.82) is 0 Å². The highest BCUT2D eigenvalue weighted by atomic mass is 19.4. The molecular weight excluding hydrogens is 1130 g/mol. The standard InChI is InChI=1S/C10H15F5O2.C10H18F2O2.C9H15F3O2.C9H16F2O2.C8H13F3O2.C8H16O2/c1-4-8(2,3)7(16)17-6-5-9(11,12)10(13,14)15;1-5-9(2,3)8(13)14-7-6-10(4,11)12;1-4-8(2,3)7(13)14-6-5-9(10,11)12;1-4-9(2,3)8(12)13-6-5-7(10)11;1-4-7(2,3)6(12)13-5-8(9,10)11;1-5-8(3,4)7(9)10-6-2/h4-6H2,1-3H3;5-7H2,1-4H3;4-6H2,1-3H3;7H,4-6H2,1-3H3;4-5H2,1-3H3;5-6H2,1-4H3. The van der Waals surface area contributed by atoms with E-state index in [1.807, 2.05) is 41.5 Å². The monoisotopic (exact) mass is 1220 g/mol. The summed E-state index contributed by atoms with van der Waals surface area (Å²) in [6.45, 7) is 30.7. The minimum atomic E-state index is -5.61. The summed E-state index contributed by atoms with van der Waals surface area (Å²) < 4.78 is 206. The Balaban J connectivity index is -0.000000210. The lowest BCUT2D eigenvalue weighted by molar-refractivity contribution is -0.286. The van der Waals surface area contributed by atoms with Gasteiger partial charge in [0.25, 0.3) is 0 Å². The first-order valence-electron chi connectivity index (χ1n) is 26.2. The van der Waals surface area contributed by atoms with E-state index in [9.17, 15) is 94.6 Å². The van der Waals surface area contributed by atoms with Gasteiger partial charge in [-0.1, -0.05) is 41.5 Å². The molecule has 0 N–H and O–H groups in total. The molecule has 0 fully saturated rings. The van der Waals surface area contributed by atoms with Crippen molar-refractivity contribution in [1.82, 2.24) is 0 Å². The molecule has 0 saturated carbocycles. The lowest BCUT2D eigenvalue weighted by Gasteiger charge is -2.22. The molecule has 0 unspecified atom stereocenters. The van der Waals surface area contributed by atoms with Crippen molar-refractivity contribution >= 4 is 35.8 Å². The molecule has 486 valence electrons. The Morgan fingerprint density at radius 2 is 0.580 bits per heavy atom. The first kappa shape index (κ1) is 88.0. The molecular formula is C54H93F15O12. The van der Waals surface area contributed by atoms with Crippen LogP contribution >= 0.6 is 0 Å². The summed E-state index contributed by atoms with van der Waals surface area (Å²) in [5.74, 6) is -10.7. The molecule has 0 bridgehead atoms. The van der Waals surface area contributed by atoms with Gasteiger partial charge in [-0.3, -0.25) is 28.8 Å². The summed E-state index contributed by atoms with van der Waals surface area (Å²) in [5.41, 5.74) is -3.88. The highest BCUT2D eigenvalue weighted by molar-refractivity contribution is 5.77. The molecule has 0 amide bonds. The molecule has 0 atom stereocenters. The highest BCUT2D eigenvalue weighted by Gasteiger charge is 2.57. The number of hydrogen-bond donors (Lipinski definition) is 0. The van der Waals surface area contributed by atoms with Crippen LogP contribution in [0.25, 0.3) is 0 Å². The molecule has 0 aliphatic rings. The third-order valence-corrected chi connectivity index (χ3v) is 12.3. The molecule has 0 aromatic heterocycles. The van der Waals surface area contributed by atoms with Gasteiger partial charge in [-0.15, -0.1) is 0 Å². The zero-order valence-electron chi connectivity index (χ0n) is 51.0. The van der Waals surface area contributed by atoms with Crippen molar-refractivity contribution in [3.05, 3.63) is 0 Å². The third-order valence-electron chi connectivity index (χ3n) is 12.3. The van der Waals surface area contributed by atoms with Gasteiger partial charge in [0.2, 0.25) is 12.3 Å². The van der Waals surface area contributed by atoms with Gasteiger partial charge in [-0.25, -0.2) is 17.6 Å². The molecule has 0 saturated heterocycles. The fraction of sp³-hybridized carbons (Fsp3) is 0.889. The van der Waals surface area contributed by atoms with Crippen LogP contribution in [-0.4, -0.2) is 112 Å². The average molecular weight is 1220 g/mol. The first-order valence-corrected chi connectivity index (χ1v) is 26.2. The summed E-state index contributed by atoms with van der Waals surface area (Å²) >= 11 is 0. The van der Waals surface area contributed by atoms with Gasteiger partial charge in [0.05, 0.1) is 78.4 Å². The van der Waals surface area contributed by atoms with Crippen LogP contribution in [0.15, 0.2) is 0 Å². The summed E-state index contributed by atoms with van der Waals surface area (Å²) in [6, 6.07) is 0. The van der Waals surface area contributed by atoms with Crippen LogP contribution in [0.2, 0.25) is 0 Å². The minimum absolute atomic E-state index is 0.0995. The normalized spacial score (nSPS) is 12.6. The number of alkyl halides is 15. The van der Waals surface area contributed by atoms with Crippen molar-refractivity contribution in [2.45, 2.75) is 239 Å². The van der Waals surface area contributed by atoms with Crippen LogP contribution in [-0.2, 0) is 57.2 Å². The second-order valence-corrected chi connectivity index (χ2v) is 22.2. The van der Waals surface area contributed by atoms with E-state index in [2.05, 4.69) is 18.9 Å². The number of halogens is 15. The first-order chi connectivity index (χ1) is 35.9. The Bertz CT molecular complexity index is 1740. The lowest BCUT2D eigenvalue weighted by atomic mass is 9.91. The molecule has 0 rings (SSSR count). The summed E-state index contributed by atoms with van der Waals surface area (Å²) in [7, 11) is 0. The van der Waals surface area contributed by atoms with Gasteiger partial charge in [-0.2, -0.15) is 48.3 Å². The molecule has 0 radical (unpaired) electrons. The summed E-state index contributed by atoms with van der Waals surface area (Å²) in [6.07, 6.45) is -16.7. The molecule has 0 aromatic carbocycles. The average Bonchev–Trinajstić information content (AvgIpc) is 3.32. The number of carbonyl (C=O) groups excluding carboxylic acids is 6. The minimum Gasteiger partial charge on any atom is -0.466 e. The fourth-order valence-electron chi connectivity index (χ4n) is 3.55. The van der Waals surface area contributed by atoms with Gasteiger partial charge in [0.1, 0.15) is 0 Å². The van der Waals surface area contributed by atoms with E-state index in [-0.39, 0.29) is 31.0 Å². The summed E-state index contributed by atoms with van der Waals surface area (Å²) in [5, 5.41) is 0. The van der Waals surface area contributed by atoms with Crippen LogP contribution < -0.4 is 0 Å². The van der Waals surface area contributed by atoms with Gasteiger partial charge >= 0.3 is 60.3 Å². The molecule has 27 heteroatoms.